The Bertz CT molecular complexity index is 607. The van der Waals surface area contributed by atoms with E-state index in [0.29, 0.717) is 25.1 Å². The summed E-state index contributed by atoms with van der Waals surface area (Å²) in [5.41, 5.74) is 1.48. The van der Waals surface area contributed by atoms with Crippen molar-refractivity contribution in [3.05, 3.63) is 47.7 Å². The van der Waals surface area contributed by atoms with Crippen LogP contribution < -0.4 is 0 Å². The number of nitriles is 1. The van der Waals surface area contributed by atoms with Gasteiger partial charge in [0.2, 0.25) is 12.2 Å². The van der Waals surface area contributed by atoms with Crippen LogP contribution in [0.1, 0.15) is 38.7 Å². The van der Waals surface area contributed by atoms with Crippen molar-refractivity contribution >= 4 is 5.91 Å². The van der Waals surface area contributed by atoms with E-state index in [2.05, 4.69) is 13.0 Å². The van der Waals surface area contributed by atoms with E-state index in [-0.39, 0.29) is 11.9 Å². The molecule has 2 atom stereocenters. The van der Waals surface area contributed by atoms with Crippen LogP contribution in [0.3, 0.4) is 0 Å². The monoisotopic (exact) mass is 328 g/mol. The molecule has 1 aliphatic heterocycles. The Kier molecular flexibility index (Phi) is 6.83. The average Bonchev–Trinajstić information content (AvgIpc) is 2.60. The van der Waals surface area contributed by atoms with Gasteiger partial charge in [-0.25, -0.2) is 0 Å². The number of rotatable bonds is 7. The van der Waals surface area contributed by atoms with Crippen molar-refractivity contribution in [2.45, 2.75) is 52.0 Å². The van der Waals surface area contributed by atoms with Crippen LogP contribution in [0.4, 0.5) is 0 Å². The highest BCUT2D eigenvalue weighted by Crippen LogP contribution is 2.25. The number of carbonyl (C=O) groups excluding carboxylic acids is 1. The van der Waals surface area contributed by atoms with Crippen LogP contribution in [-0.2, 0) is 20.8 Å². The molecule has 1 amide bonds. The minimum absolute atomic E-state index is 0.0702. The quantitative estimate of drug-likeness (QED) is 0.720. The van der Waals surface area contributed by atoms with E-state index in [4.69, 9.17) is 9.47 Å². The van der Waals surface area contributed by atoms with Crippen molar-refractivity contribution in [1.82, 2.24) is 4.90 Å². The van der Waals surface area contributed by atoms with Crippen LogP contribution in [0.2, 0.25) is 0 Å². The average molecular weight is 328 g/mol. The standard InChI is InChI=1S/C19H24N2O3/c1-3-4-10-23-19-11-18(17(12-20)14-24-19)21(15(2)22)13-16-8-6-5-7-9-16/h5-9,14,18-19H,3-4,10-11,13H2,1-2H3. The number of ether oxygens (including phenoxy) is 2. The molecule has 2 unspecified atom stereocenters. The van der Waals surface area contributed by atoms with Crippen molar-refractivity contribution in [3.63, 3.8) is 0 Å². The Labute approximate surface area is 143 Å². The molecular weight excluding hydrogens is 304 g/mol. The summed E-state index contributed by atoms with van der Waals surface area (Å²) in [4.78, 5) is 13.9. The number of hydrogen-bond acceptors (Lipinski definition) is 4. The number of carbonyl (C=O) groups is 1. The zero-order valence-corrected chi connectivity index (χ0v) is 14.3. The van der Waals surface area contributed by atoms with Gasteiger partial charge in [0.1, 0.15) is 12.3 Å². The Balaban J connectivity index is 2.13. The molecule has 128 valence electrons. The molecule has 1 heterocycles. The van der Waals surface area contributed by atoms with Gasteiger partial charge in [-0.2, -0.15) is 5.26 Å². The first-order chi connectivity index (χ1) is 11.7. The molecule has 0 bridgehead atoms. The van der Waals surface area contributed by atoms with E-state index >= 15 is 0 Å². The predicted molar refractivity (Wildman–Crippen MR) is 90.5 cm³/mol. The molecule has 24 heavy (non-hydrogen) atoms. The minimum atomic E-state index is -0.420. The van der Waals surface area contributed by atoms with Crippen LogP contribution in [0.5, 0.6) is 0 Å². The van der Waals surface area contributed by atoms with Gasteiger partial charge in [-0.05, 0) is 12.0 Å². The smallest absolute Gasteiger partial charge is 0.220 e. The SMILES string of the molecule is CCCCOC1CC(N(Cc2ccccc2)C(C)=O)C(C#N)=CO1. The maximum atomic E-state index is 12.2. The fourth-order valence-electron chi connectivity index (χ4n) is 2.68. The highest BCUT2D eigenvalue weighted by Gasteiger charge is 2.32. The maximum absolute atomic E-state index is 12.2. The molecule has 5 nitrogen and oxygen atoms in total. The molecule has 1 aromatic rings. The van der Waals surface area contributed by atoms with Crippen molar-refractivity contribution in [3.8, 4) is 6.07 Å². The second-order valence-electron chi connectivity index (χ2n) is 5.86. The van der Waals surface area contributed by atoms with Gasteiger partial charge < -0.3 is 14.4 Å². The number of benzene rings is 1. The van der Waals surface area contributed by atoms with Crippen LogP contribution in [-0.4, -0.2) is 29.7 Å². The summed E-state index contributed by atoms with van der Waals surface area (Å²) in [5, 5.41) is 9.38. The van der Waals surface area contributed by atoms with Gasteiger partial charge >= 0.3 is 0 Å². The van der Waals surface area contributed by atoms with E-state index in [9.17, 15) is 10.1 Å². The number of unbranched alkanes of at least 4 members (excludes halogenated alkanes) is 1. The van der Waals surface area contributed by atoms with E-state index in [1.807, 2.05) is 30.3 Å². The van der Waals surface area contributed by atoms with E-state index in [1.54, 1.807) is 4.90 Å². The Morgan fingerprint density at radius 2 is 2.17 bits per heavy atom. The molecule has 0 radical (unpaired) electrons. The van der Waals surface area contributed by atoms with Crippen molar-refractivity contribution < 1.29 is 14.3 Å². The number of nitrogens with zero attached hydrogens (tertiary/aromatic N) is 2. The fourth-order valence-corrected chi connectivity index (χ4v) is 2.68. The van der Waals surface area contributed by atoms with Crippen LogP contribution in [0.25, 0.3) is 0 Å². The molecule has 0 N–H and O–H groups in total. The summed E-state index contributed by atoms with van der Waals surface area (Å²) in [6, 6.07) is 11.6. The third-order valence-electron chi connectivity index (χ3n) is 4.03. The van der Waals surface area contributed by atoms with Crippen molar-refractivity contribution in [2.75, 3.05) is 6.61 Å². The van der Waals surface area contributed by atoms with E-state index in [1.165, 1.54) is 13.2 Å². The molecule has 1 aromatic carbocycles. The van der Waals surface area contributed by atoms with Gasteiger partial charge in [-0.3, -0.25) is 4.79 Å². The lowest BCUT2D eigenvalue weighted by molar-refractivity contribution is -0.142. The molecule has 0 saturated carbocycles. The molecule has 0 saturated heterocycles. The summed E-state index contributed by atoms with van der Waals surface area (Å²) in [6.07, 6.45) is 3.49. The number of amides is 1. The third kappa shape index (κ3) is 4.84. The Morgan fingerprint density at radius 1 is 1.42 bits per heavy atom. The lowest BCUT2D eigenvalue weighted by Crippen LogP contribution is -2.44. The fraction of sp³-hybridized carbons (Fsp3) is 0.474. The first kappa shape index (κ1) is 18.0. The Hall–Kier alpha value is -2.32. The first-order valence-electron chi connectivity index (χ1n) is 8.34. The molecule has 1 aliphatic rings. The van der Waals surface area contributed by atoms with Gasteiger partial charge in [0.15, 0.2) is 0 Å². The minimum Gasteiger partial charge on any atom is -0.471 e. The number of hydrogen-bond donors (Lipinski definition) is 0. The molecular formula is C19H24N2O3. The van der Waals surface area contributed by atoms with Crippen molar-refractivity contribution in [2.24, 2.45) is 0 Å². The van der Waals surface area contributed by atoms with E-state index < -0.39 is 6.29 Å². The zero-order chi connectivity index (χ0) is 17.4. The van der Waals surface area contributed by atoms with Crippen LogP contribution >= 0.6 is 0 Å². The molecule has 5 heteroatoms. The molecule has 0 aromatic heterocycles. The summed E-state index contributed by atoms with van der Waals surface area (Å²) in [6.45, 7) is 4.70. The first-order valence-corrected chi connectivity index (χ1v) is 8.34. The van der Waals surface area contributed by atoms with E-state index in [0.717, 1.165) is 18.4 Å². The molecule has 0 spiro atoms. The van der Waals surface area contributed by atoms with Crippen LogP contribution in [0, 0.1) is 11.3 Å². The molecule has 0 aliphatic carbocycles. The van der Waals surface area contributed by atoms with Gasteiger partial charge in [0.05, 0.1) is 18.2 Å². The zero-order valence-electron chi connectivity index (χ0n) is 14.3. The second kappa shape index (κ2) is 9.09. The van der Waals surface area contributed by atoms with Gasteiger partial charge in [0.25, 0.3) is 0 Å². The van der Waals surface area contributed by atoms with Crippen molar-refractivity contribution in [1.29, 1.82) is 5.26 Å². The Morgan fingerprint density at radius 3 is 2.79 bits per heavy atom. The summed E-state index contributed by atoms with van der Waals surface area (Å²) in [7, 11) is 0. The summed E-state index contributed by atoms with van der Waals surface area (Å²) in [5.74, 6) is -0.0702. The predicted octanol–water partition coefficient (Wildman–Crippen LogP) is 3.37. The lowest BCUT2D eigenvalue weighted by Gasteiger charge is -2.35. The topological polar surface area (TPSA) is 62.6 Å². The van der Waals surface area contributed by atoms with Gasteiger partial charge in [-0.15, -0.1) is 0 Å². The normalized spacial score (nSPS) is 19.8. The largest absolute Gasteiger partial charge is 0.471 e. The second-order valence-corrected chi connectivity index (χ2v) is 5.86. The lowest BCUT2D eigenvalue weighted by atomic mass is 10.0. The highest BCUT2D eigenvalue weighted by atomic mass is 16.7. The molecule has 0 fully saturated rings. The highest BCUT2D eigenvalue weighted by molar-refractivity contribution is 5.74. The van der Waals surface area contributed by atoms with Crippen LogP contribution in [0.15, 0.2) is 42.2 Å². The summed E-state index contributed by atoms with van der Waals surface area (Å²) >= 11 is 0. The molecule has 2 rings (SSSR count). The third-order valence-corrected chi connectivity index (χ3v) is 4.03. The van der Waals surface area contributed by atoms with Gasteiger partial charge in [0, 0.05) is 19.9 Å². The summed E-state index contributed by atoms with van der Waals surface area (Å²) < 4.78 is 11.2. The maximum Gasteiger partial charge on any atom is 0.220 e. The van der Waals surface area contributed by atoms with Gasteiger partial charge in [-0.1, -0.05) is 43.7 Å².